The monoisotopic (exact) mass is 220 g/mol. The first-order valence-electron chi connectivity index (χ1n) is 5.90. The lowest BCUT2D eigenvalue weighted by atomic mass is 9.89. The van der Waals surface area contributed by atoms with E-state index in [4.69, 9.17) is 9.47 Å². The van der Waals surface area contributed by atoms with E-state index in [1.54, 1.807) is 7.11 Å². The molecule has 1 atom stereocenters. The lowest BCUT2D eigenvalue weighted by Gasteiger charge is -2.38. The molecule has 0 bridgehead atoms. The normalized spacial score (nSPS) is 23.9. The minimum Gasteiger partial charge on any atom is -0.496 e. The van der Waals surface area contributed by atoms with Crippen molar-refractivity contribution in [2.24, 2.45) is 0 Å². The van der Waals surface area contributed by atoms with Crippen LogP contribution >= 0.6 is 0 Å². The summed E-state index contributed by atoms with van der Waals surface area (Å²) < 4.78 is 10.8. The van der Waals surface area contributed by atoms with E-state index in [2.05, 4.69) is 32.0 Å². The molecule has 0 radical (unpaired) electrons. The smallest absolute Gasteiger partial charge is 0.121 e. The molecule has 2 nitrogen and oxygen atoms in total. The van der Waals surface area contributed by atoms with Crippen molar-refractivity contribution in [2.45, 2.75) is 38.7 Å². The second kappa shape index (κ2) is 4.46. The van der Waals surface area contributed by atoms with Crippen LogP contribution in [0, 0.1) is 6.92 Å². The van der Waals surface area contributed by atoms with Crippen LogP contribution < -0.4 is 4.74 Å². The van der Waals surface area contributed by atoms with Gasteiger partial charge in [-0.25, -0.2) is 0 Å². The fourth-order valence-corrected chi connectivity index (χ4v) is 2.15. The maximum Gasteiger partial charge on any atom is 0.121 e. The molecule has 0 spiro atoms. The van der Waals surface area contributed by atoms with Gasteiger partial charge >= 0.3 is 0 Å². The number of ether oxygens (including phenoxy) is 2. The Morgan fingerprint density at radius 3 is 2.69 bits per heavy atom. The van der Waals surface area contributed by atoms with Gasteiger partial charge < -0.3 is 9.47 Å². The van der Waals surface area contributed by atoms with Crippen molar-refractivity contribution >= 4 is 0 Å². The number of hydrogen-bond donors (Lipinski definition) is 0. The summed E-state index contributed by atoms with van der Waals surface area (Å²) in [7, 11) is 1.71. The summed E-state index contributed by atoms with van der Waals surface area (Å²) >= 11 is 0. The Kier molecular flexibility index (Phi) is 3.20. The minimum atomic E-state index is 0.133. The van der Waals surface area contributed by atoms with E-state index in [0.29, 0.717) is 0 Å². The van der Waals surface area contributed by atoms with Gasteiger partial charge in [-0.3, -0.25) is 0 Å². The number of rotatable bonds is 4. The predicted molar refractivity (Wildman–Crippen MR) is 65.0 cm³/mol. The third kappa shape index (κ3) is 2.38. The standard InChI is InChI=1S/C14H20O2/c1-11-10-12(4-5-13(11)15-3)6-7-14(2)8-9-16-14/h4-5,10H,6-9H2,1-3H3. The van der Waals surface area contributed by atoms with Crippen LogP contribution in [0.25, 0.3) is 0 Å². The van der Waals surface area contributed by atoms with Crippen molar-refractivity contribution in [1.29, 1.82) is 0 Å². The Labute approximate surface area is 97.6 Å². The molecule has 2 rings (SSSR count). The number of aryl methyl sites for hydroxylation is 2. The number of methoxy groups -OCH3 is 1. The average molecular weight is 220 g/mol. The van der Waals surface area contributed by atoms with Gasteiger partial charge in [0.1, 0.15) is 5.75 Å². The zero-order valence-corrected chi connectivity index (χ0v) is 10.4. The molecular formula is C14H20O2. The molecule has 1 saturated heterocycles. The van der Waals surface area contributed by atoms with E-state index in [0.717, 1.165) is 25.2 Å². The van der Waals surface area contributed by atoms with Gasteiger partial charge in [-0.05, 0) is 50.3 Å². The predicted octanol–water partition coefficient (Wildman–Crippen LogP) is 3.12. The molecule has 0 N–H and O–H groups in total. The molecule has 0 aromatic heterocycles. The van der Waals surface area contributed by atoms with Gasteiger partial charge in [-0.2, -0.15) is 0 Å². The Morgan fingerprint density at radius 1 is 1.44 bits per heavy atom. The minimum absolute atomic E-state index is 0.133. The second-order valence-electron chi connectivity index (χ2n) is 4.85. The maximum atomic E-state index is 5.59. The highest BCUT2D eigenvalue weighted by Gasteiger charge is 2.32. The molecule has 1 aromatic carbocycles. The van der Waals surface area contributed by atoms with Gasteiger partial charge in [-0.1, -0.05) is 12.1 Å². The summed E-state index contributed by atoms with van der Waals surface area (Å²) in [6.07, 6.45) is 3.39. The van der Waals surface area contributed by atoms with Crippen LogP contribution in [0.1, 0.15) is 30.9 Å². The van der Waals surface area contributed by atoms with Crippen LogP contribution in [0.15, 0.2) is 18.2 Å². The molecule has 1 aliphatic rings. The van der Waals surface area contributed by atoms with E-state index in [1.807, 2.05) is 0 Å². The molecule has 2 heteroatoms. The topological polar surface area (TPSA) is 18.5 Å². The van der Waals surface area contributed by atoms with Crippen molar-refractivity contribution in [3.05, 3.63) is 29.3 Å². The fourth-order valence-electron chi connectivity index (χ4n) is 2.15. The summed E-state index contributed by atoms with van der Waals surface area (Å²) in [6, 6.07) is 6.41. The van der Waals surface area contributed by atoms with E-state index in [9.17, 15) is 0 Å². The third-order valence-electron chi connectivity index (χ3n) is 3.48. The van der Waals surface area contributed by atoms with Gasteiger partial charge in [0.25, 0.3) is 0 Å². The van der Waals surface area contributed by atoms with Gasteiger partial charge in [-0.15, -0.1) is 0 Å². The van der Waals surface area contributed by atoms with E-state index >= 15 is 0 Å². The second-order valence-corrected chi connectivity index (χ2v) is 4.85. The van der Waals surface area contributed by atoms with Gasteiger partial charge in [0, 0.05) is 0 Å². The molecule has 0 saturated carbocycles. The Morgan fingerprint density at radius 2 is 2.19 bits per heavy atom. The first-order chi connectivity index (χ1) is 7.63. The van der Waals surface area contributed by atoms with Crippen molar-refractivity contribution < 1.29 is 9.47 Å². The zero-order valence-electron chi connectivity index (χ0n) is 10.4. The van der Waals surface area contributed by atoms with Crippen LogP contribution in [0.4, 0.5) is 0 Å². The zero-order chi connectivity index (χ0) is 11.6. The summed E-state index contributed by atoms with van der Waals surface area (Å²) in [4.78, 5) is 0. The van der Waals surface area contributed by atoms with E-state index in [1.165, 1.54) is 17.5 Å². The third-order valence-corrected chi connectivity index (χ3v) is 3.48. The fraction of sp³-hybridized carbons (Fsp3) is 0.571. The molecule has 1 aromatic rings. The van der Waals surface area contributed by atoms with Crippen molar-refractivity contribution in [2.75, 3.05) is 13.7 Å². The molecular weight excluding hydrogens is 200 g/mol. The van der Waals surface area contributed by atoms with Gasteiger partial charge in [0.15, 0.2) is 0 Å². The molecule has 1 fully saturated rings. The van der Waals surface area contributed by atoms with E-state index in [-0.39, 0.29) is 5.60 Å². The number of hydrogen-bond acceptors (Lipinski definition) is 2. The quantitative estimate of drug-likeness (QED) is 0.776. The summed E-state index contributed by atoms with van der Waals surface area (Å²) in [5.41, 5.74) is 2.71. The molecule has 1 aliphatic heterocycles. The van der Waals surface area contributed by atoms with Crippen molar-refractivity contribution in [3.63, 3.8) is 0 Å². The van der Waals surface area contributed by atoms with Crippen molar-refractivity contribution in [1.82, 2.24) is 0 Å². The van der Waals surface area contributed by atoms with Crippen LogP contribution in [0.3, 0.4) is 0 Å². The molecule has 88 valence electrons. The first-order valence-corrected chi connectivity index (χ1v) is 5.90. The molecule has 16 heavy (non-hydrogen) atoms. The highest BCUT2D eigenvalue weighted by Crippen LogP contribution is 2.31. The van der Waals surface area contributed by atoms with Gasteiger partial charge in [0.05, 0.1) is 19.3 Å². The SMILES string of the molecule is COc1ccc(CCC2(C)CCO2)cc1C. The first kappa shape index (κ1) is 11.5. The Balaban J connectivity index is 1.97. The molecule has 0 aliphatic carbocycles. The van der Waals surface area contributed by atoms with Gasteiger partial charge in [0.2, 0.25) is 0 Å². The largest absolute Gasteiger partial charge is 0.496 e. The lowest BCUT2D eigenvalue weighted by molar-refractivity contribution is -0.137. The Hall–Kier alpha value is -1.02. The Bertz CT molecular complexity index is 367. The van der Waals surface area contributed by atoms with Crippen LogP contribution in [-0.2, 0) is 11.2 Å². The van der Waals surface area contributed by atoms with E-state index < -0.39 is 0 Å². The number of benzene rings is 1. The highest BCUT2D eigenvalue weighted by atomic mass is 16.5. The summed E-state index contributed by atoms with van der Waals surface area (Å²) in [5.74, 6) is 0.967. The molecule has 1 heterocycles. The van der Waals surface area contributed by atoms with Crippen LogP contribution in [-0.4, -0.2) is 19.3 Å². The average Bonchev–Trinajstić information content (AvgIpc) is 2.24. The molecule has 1 unspecified atom stereocenters. The lowest BCUT2D eigenvalue weighted by Crippen LogP contribution is -2.40. The molecule has 0 amide bonds. The summed E-state index contributed by atoms with van der Waals surface area (Å²) in [6.45, 7) is 5.22. The maximum absolute atomic E-state index is 5.59. The highest BCUT2D eigenvalue weighted by molar-refractivity contribution is 5.36. The summed E-state index contributed by atoms with van der Waals surface area (Å²) in [5, 5.41) is 0. The van der Waals surface area contributed by atoms with Crippen LogP contribution in [0.2, 0.25) is 0 Å². The van der Waals surface area contributed by atoms with Crippen molar-refractivity contribution in [3.8, 4) is 5.75 Å². The van der Waals surface area contributed by atoms with Crippen LogP contribution in [0.5, 0.6) is 5.75 Å².